The molecule has 0 aliphatic rings. The lowest BCUT2D eigenvalue weighted by Gasteiger charge is -2.14. The number of carbonyl (C=O) groups is 1. The molecule has 0 spiro atoms. The number of thiophene rings is 1. The van der Waals surface area contributed by atoms with Crippen LogP contribution in [0.3, 0.4) is 0 Å². The summed E-state index contributed by atoms with van der Waals surface area (Å²) in [6.45, 7) is 2.72. The zero-order chi connectivity index (χ0) is 13.7. The van der Waals surface area contributed by atoms with Crippen LogP contribution in [0.25, 0.3) is 0 Å². The van der Waals surface area contributed by atoms with Crippen LogP contribution in [0.1, 0.15) is 22.9 Å². The molecule has 1 N–H and O–H groups in total. The van der Waals surface area contributed by atoms with Gasteiger partial charge in [-0.25, -0.2) is 9.78 Å². The zero-order valence-corrected chi connectivity index (χ0v) is 12.6. The van der Waals surface area contributed by atoms with Crippen LogP contribution in [0, 0.1) is 0 Å². The summed E-state index contributed by atoms with van der Waals surface area (Å²) >= 11 is 8.78. The number of aromatic nitrogens is 1. The van der Waals surface area contributed by atoms with E-state index in [1.54, 1.807) is 24.5 Å². The van der Waals surface area contributed by atoms with Gasteiger partial charge in [-0.05, 0) is 18.4 Å². The number of hydrogen-bond donors (Lipinski definition) is 1. The first kappa shape index (κ1) is 14.5. The second-order valence-electron chi connectivity index (χ2n) is 3.65. The maximum Gasteiger partial charge on any atom is 0.330 e. The molecule has 0 radical (unpaired) electrons. The molecule has 2 aromatic rings. The summed E-state index contributed by atoms with van der Waals surface area (Å²) in [4.78, 5) is 17.3. The lowest BCUT2D eigenvalue weighted by Crippen LogP contribution is -2.29. The lowest BCUT2D eigenvalue weighted by atomic mass is 10.3. The molecule has 0 fully saturated rings. The van der Waals surface area contributed by atoms with Gasteiger partial charge in [0.15, 0.2) is 6.04 Å². The van der Waals surface area contributed by atoms with E-state index in [0.29, 0.717) is 22.5 Å². The molecule has 0 aliphatic carbocycles. The van der Waals surface area contributed by atoms with Crippen molar-refractivity contribution >= 4 is 40.2 Å². The fourth-order valence-corrected chi connectivity index (χ4v) is 3.16. The fourth-order valence-electron chi connectivity index (χ4n) is 1.51. The van der Waals surface area contributed by atoms with Crippen molar-refractivity contribution in [2.45, 2.75) is 19.5 Å². The van der Waals surface area contributed by atoms with E-state index < -0.39 is 6.04 Å². The van der Waals surface area contributed by atoms with Crippen LogP contribution in [-0.2, 0) is 16.1 Å². The number of hydrogen-bond acceptors (Lipinski definition) is 6. The van der Waals surface area contributed by atoms with E-state index in [0.717, 1.165) is 4.88 Å². The molecule has 0 bridgehead atoms. The van der Waals surface area contributed by atoms with Crippen molar-refractivity contribution in [1.29, 1.82) is 0 Å². The van der Waals surface area contributed by atoms with E-state index in [9.17, 15) is 4.79 Å². The van der Waals surface area contributed by atoms with Gasteiger partial charge in [-0.1, -0.05) is 17.7 Å². The summed E-state index contributed by atoms with van der Waals surface area (Å²) in [6.07, 6.45) is 1.54. The molecule has 7 heteroatoms. The Bertz CT molecular complexity index is 528. The van der Waals surface area contributed by atoms with E-state index in [1.165, 1.54) is 11.3 Å². The number of ether oxygens (including phenoxy) is 1. The molecule has 0 aliphatic heterocycles. The van der Waals surface area contributed by atoms with Crippen LogP contribution in [0.5, 0.6) is 0 Å². The highest BCUT2D eigenvalue weighted by molar-refractivity contribution is 7.16. The molecule has 1 atom stereocenters. The average molecular weight is 317 g/mol. The molecule has 2 heterocycles. The number of halogens is 1. The van der Waals surface area contributed by atoms with Crippen molar-refractivity contribution in [3.05, 3.63) is 37.9 Å². The lowest BCUT2D eigenvalue weighted by molar-refractivity contribution is -0.145. The standard InChI is InChI=1S/C12H13ClN2O2S2/c1-2-17-12(16)10(11-15-7-9(13)19-11)14-6-8-4-3-5-18-8/h3-5,7,10,14H,2,6H2,1H3. The van der Waals surface area contributed by atoms with Gasteiger partial charge in [-0.2, -0.15) is 0 Å². The Morgan fingerprint density at radius 3 is 3.05 bits per heavy atom. The quantitative estimate of drug-likeness (QED) is 0.831. The molecule has 4 nitrogen and oxygen atoms in total. The Morgan fingerprint density at radius 2 is 2.47 bits per heavy atom. The largest absolute Gasteiger partial charge is 0.465 e. The Hall–Kier alpha value is -0.950. The predicted molar refractivity (Wildman–Crippen MR) is 77.7 cm³/mol. The summed E-state index contributed by atoms with van der Waals surface area (Å²) < 4.78 is 5.62. The van der Waals surface area contributed by atoms with Crippen molar-refractivity contribution in [1.82, 2.24) is 10.3 Å². The molecule has 0 saturated carbocycles. The maximum absolute atomic E-state index is 12.0. The summed E-state index contributed by atoms with van der Waals surface area (Å²) in [7, 11) is 0. The highest BCUT2D eigenvalue weighted by atomic mass is 35.5. The molecule has 102 valence electrons. The fraction of sp³-hybridized carbons (Fsp3) is 0.333. The summed E-state index contributed by atoms with van der Waals surface area (Å²) in [5.74, 6) is -0.329. The minimum Gasteiger partial charge on any atom is -0.465 e. The van der Waals surface area contributed by atoms with Crippen LogP contribution in [-0.4, -0.2) is 17.6 Å². The van der Waals surface area contributed by atoms with Crippen LogP contribution in [0.4, 0.5) is 0 Å². The Balaban J connectivity index is 2.07. The third kappa shape index (κ3) is 4.01. The van der Waals surface area contributed by atoms with Gasteiger partial charge in [0.25, 0.3) is 0 Å². The molecule has 1 unspecified atom stereocenters. The van der Waals surface area contributed by atoms with Gasteiger partial charge in [0.1, 0.15) is 9.34 Å². The summed E-state index contributed by atoms with van der Waals surface area (Å²) in [6, 6.07) is 3.41. The van der Waals surface area contributed by atoms with E-state index in [1.807, 2.05) is 17.5 Å². The van der Waals surface area contributed by atoms with E-state index in [4.69, 9.17) is 16.3 Å². The number of carbonyl (C=O) groups excluding carboxylic acids is 1. The van der Waals surface area contributed by atoms with Crippen molar-refractivity contribution in [2.24, 2.45) is 0 Å². The van der Waals surface area contributed by atoms with Crippen LogP contribution >= 0.6 is 34.3 Å². The first-order valence-corrected chi connectivity index (χ1v) is 7.81. The first-order chi connectivity index (χ1) is 9.20. The number of thiazole rings is 1. The molecule has 2 aromatic heterocycles. The number of nitrogens with zero attached hydrogens (tertiary/aromatic N) is 1. The minimum atomic E-state index is -0.570. The topological polar surface area (TPSA) is 51.2 Å². The predicted octanol–water partition coefficient (Wildman–Crippen LogP) is 3.25. The van der Waals surface area contributed by atoms with E-state index >= 15 is 0 Å². The molecule has 0 saturated heterocycles. The zero-order valence-electron chi connectivity index (χ0n) is 10.3. The van der Waals surface area contributed by atoms with Crippen molar-refractivity contribution in [2.75, 3.05) is 6.61 Å². The van der Waals surface area contributed by atoms with Gasteiger partial charge in [-0.15, -0.1) is 22.7 Å². The normalized spacial score (nSPS) is 12.3. The first-order valence-electron chi connectivity index (χ1n) is 5.74. The molecule has 0 amide bonds. The number of esters is 1. The van der Waals surface area contributed by atoms with Crippen LogP contribution in [0.15, 0.2) is 23.7 Å². The van der Waals surface area contributed by atoms with Crippen LogP contribution in [0.2, 0.25) is 4.34 Å². The molecule has 2 rings (SSSR count). The maximum atomic E-state index is 12.0. The SMILES string of the molecule is CCOC(=O)C(NCc1cccs1)c1ncc(Cl)s1. The molecular formula is C12H13ClN2O2S2. The Kier molecular flexibility index (Phi) is 5.33. The smallest absolute Gasteiger partial charge is 0.330 e. The number of nitrogens with one attached hydrogen (secondary N) is 1. The van der Waals surface area contributed by atoms with Crippen molar-refractivity contribution in [3.63, 3.8) is 0 Å². The highest BCUT2D eigenvalue weighted by Crippen LogP contribution is 2.25. The minimum absolute atomic E-state index is 0.329. The van der Waals surface area contributed by atoms with Crippen molar-refractivity contribution in [3.8, 4) is 0 Å². The highest BCUT2D eigenvalue weighted by Gasteiger charge is 2.24. The summed E-state index contributed by atoms with van der Waals surface area (Å²) in [5, 5.41) is 5.78. The molecular weight excluding hydrogens is 304 g/mol. The molecule has 0 aromatic carbocycles. The Labute approximate surface area is 124 Å². The van der Waals surface area contributed by atoms with Gasteiger partial charge in [0, 0.05) is 11.4 Å². The monoisotopic (exact) mass is 316 g/mol. The van der Waals surface area contributed by atoms with Gasteiger partial charge in [0.2, 0.25) is 0 Å². The average Bonchev–Trinajstić information content (AvgIpc) is 3.02. The van der Waals surface area contributed by atoms with Crippen LogP contribution < -0.4 is 5.32 Å². The second-order valence-corrected chi connectivity index (χ2v) is 6.37. The van der Waals surface area contributed by atoms with Gasteiger partial charge in [-0.3, -0.25) is 5.32 Å². The third-order valence-electron chi connectivity index (χ3n) is 2.33. The second kappa shape index (κ2) is 7.00. The Morgan fingerprint density at radius 1 is 1.63 bits per heavy atom. The number of rotatable bonds is 6. The van der Waals surface area contributed by atoms with E-state index in [2.05, 4.69) is 10.3 Å². The molecule has 19 heavy (non-hydrogen) atoms. The van der Waals surface area contributed by atoms with Gasteiger partial charge in [0.05, 0.1) is 12.8 Å². The van der Waals surface area contributed by atoms with E-state index in [-0.39, 0.29) is 5.97 Å². The van der Waals surface area contributed by atoms with Gasteiger partial charge < -0.3 is 4.74 Å². The van der Waals surface area contributed by atoms with Crippen molar-refractivity contribution < 1.29 is 9.53 Å². The third-order valence-corrected chi connectivity index (χ3v) is 4.38. The summed E-state index contributed by atoms with van der Waals surface area (Å²) in [5.41, 5.74) is 0. The van der Waals surface area contributed by atoms with Gasteiger partial charge >= 0.3 is 5.97 Å².